The van der Waals surface area contributed by atoms with Crippen LogP contribution in [-0.2, 0) is 6.54 Å². The van der Waals surface area contributed by atoms with Crippen LogP contribution in [0.4, 0.5) is 0 Å². The first-order valence-electron chi connectivity index (χ1n) is 11.2. The Bertz CT molecular complexity index is 1260. The molecule has 33 heavy (non-hydrogen) atoms. The van der Waals surface area contributed by atoms with E-state index in [4.69, 9.17) is 0 Å². The van der Waals surface area contributed by atoms with Gasteiger partial charge in [0.25, 0.3) is 5.91 Å². The van der Waals surface area contributed by atoms with Gasteiger partial charge in [0.15, 0.2) is 0 Å². The quantitative estimate of drug-likeness (QED) is 0.455. The lowest BCUT2D eigenvalue weighted by atomic mass is 10.00. The molecule has 3 heterocycles. The summed E-state index contributed by atoms with van der Waals surface area (Å²) in [6, 6.07) is 11.7. The van der Waals surface area contributed by atoms with Gasteiger partial charge in [0.05, 0.1) is 29.3 Å². The van der Waals surface area contributed by atoms with Gasteiger partial charge < -0.3 is 5.32 Å². The van der Waals surface area contributed by atoms with Crippen molar-refractivity contribution in [3.8, 4) is 22.5 Å². The zero-order valence-electron chi connectivity index (χ0n) is 18.8. The lowest BCUT2D eigenvalue weighted by molar-refractivity contribution is 0.0939. The summed E-state index contributed by atoms with van der Waals surface area (Å²) in [6.07, 6.45) is 11.1. The molecular weight excluding hydrogens is 412 g/mol. The van der Waals surface area contributed by atoms with Gasteiger partial charge in [-0.3, -0.25) is 24.4 Å². The molecule has 1 fully saturated rings. The number of aryl methyl sites for hydroxylation is 1. The van der Waals surface area contributed by atoms with Gasteiger partial charge in [-0.1, -0.05) is 6.07 Å². The minimum atomic E-state index is -0.267. The second-order valence-electron chi connectivity index (χ2n) is 8.69. The van der Waals surface area contributed by atoms with E-state index in [0.29, 0.717) is 17.2 Å². The number of carbonyl (C=O) groups is 1. The number of aromatic nitrogens is 5. The van der Waals surface area contributed by atoms with E-state index in [1.54, 1.807) is 18.6 Å². The molecule has 7 heteroatoms. The second kappa shape index (κ2) is 8.94. The molecule has 1 saturated carbocycles. The van der Waals surface area contributed by atoms with Crippen LogP contribution in [0, 0.1) is 12.8 Å². The van der Waals surface area contributed by atoms with Gasteiger partial charge in [0.2, 0.25) is 0 Å². The van der Waals surface area contributed by atoms with Crippen molar-refractivity contribution in [1.82, 2.24) is 30.0 Å². The minimum absolute atomic E-state index is 0.170. The van der Waals surface area contributed by atoms with Crippen LogP contribution in [0.1, 0.15) is 47.4 Å². The molecule has 0 radical (unpaired) electrons. The maximum Gasteiger partial charge on any atom is 0.251 e. The molecule has 0 aliphatic heterocycles. The van der Waals surface area contributed by atoms with E-state index in [2.05, 4.69) is 31.4 Å². The van der Waals surface area contributed by atoms with Crippen molar-refractivity contribution in [2.24, 2.45) is 5.92 Å². The van der Waals surface area contributed by atoms with Gasteiger partial charge in [-0.2, -0.15) is 5.10 Å². The lowest BCUT2D eigenvalue weighted by Crippen LogP contribution is -2.27. The molecule has 3 aromatic heterocycles. The minimum Gasteiger partial charge on any atom is -0.344 e. The molecule has 7 nitrogen and oxygen atoms in total. The Hall–Kier alpha value is -3.87. The number of carbonyl (C=O) groups excluding carboxylic acids is 1. The Labute approximate surface area is 192 Å². The fraction of sp³-hybridized carbons (Fsp3) is 0.269. The van der Waals surface area contributed by atoms with Crippen molar-refractivity contribution in [2.45, 2.75) is 39.3 Å². The van der Waals surface area contributed by atoms with Crippen molar-refractivity contribution < 1.29 is 4.79 Å². The first kappa shape index (κ1) is 21.0. The second-order valence-corrected chi connectivity index (χ2v) is 8.69. The summed E-state index contributed by atoms with van der Waals surface area (Å²) in [7, 11) is 0. The monoisotopic (exact) mass is 438 g/mol. The maximum atomic E-state index is 13.3. The van der Waals surface area contributed by atoms with Crippen molar-refractivity contribution in [3.63, 3.8) is 0 Å². The lowest BCUT2D eigenvalue weighted by Gasteiger charge is -2.15. The summed E-state index contributed by atoms with van der Waals surface area (Å²) < 4.78 is 2.04. The smallest absolute Gasteiger partial charge is 0.251 e. The summed E-state index contributed by atoms with van der Waals surface area (Å²) in [5, 5.41) is 7.58. The third-order valence-electron chi connectivity index (χ3n) is 5.92. The first-order valence-corrected chi connectivity index (χ1v) is 11.2. The maximum absolute atomic E-state index is 13.3. The molecule has 166 valence electrons. The Morgan fingerprint density at radius 3 is 2.64 bits per heavy atom. The molecule has 0 saturated heterocycles. The predicted molar refractivity (Wildman–Crippen MR) is 126 cm³/mol. The molecule has 1 N–H and O–H groups in total. The molecule has 1 atom stereocenters. The van der Waals surface area contributed by atoms with Crippen LogP contribution in [0.5, 0.6) is 0 Å². The molecule has 1 amide bonds. The highest BCUT2D eigenvalue weighted by Crippen LogP contribution is 2.33. The van der Waals surface area contributed by atoms with E-state index < -0.39 is 0 Å². The van der Waals surface area contributed by atoms with Crippen LogP contribution in [0.15, 0.2) is 67.4 Å². The van der Waals surface area contributed by atoms with Gasteiger partial charge in [0.1, 0.15) is 0 Å². The van der Waals surface area contributed by atoms with Crippen LogP contribution in [0.25, 0.3) is 22.5 Å². The number of hydrogen-bond acceptors (Lipinski definition) is 5. The standard InChI is InChI=1S/C26H26N6O/c1-17-3-6-23(29-14-17)20-11-21(25-7-8-30-32(25)16-19-4-5-19)13-22(12-20)26(33)31-18(2)24-15-27-9-10-28-24/h3,6-15,18-19H,4-5,16H2,1-2H3,(H,31,33). The number of benzene rings is 1. The fourth-order valence-corrected chi connectivity index (χ4v) is 3.85. The third-order valence-corrected chi connectivity index (χ3v) is 5.92. The van der Waals surface area contributed by atoms with Gasteiger partial charge in [0, 0.05) is 48.0 Å². The van der Waals surface area contributed by atoms with Crippen molar-refractivity contribution in [2.75, 3.05) is 0 Å². The van der Waals surface area contributed by atoms with E-state index in [9.17, 15) is 4.79 Å². The summed E-state index contributed by atoms with van der Waals surface area (Å²) in [4.78, 5) is 26.3. The number of nitrogens with zero attached hydrogens (tertiary/aromatic N) is 5. The van der Waals surface area contributed by atoms with E-state index in [1.165, 1.54) is 12.8 Å². The van der Waals surface area contributed by atoms with E-state index >= 15 is 0 Å². The van der Waals surface area contributed by atoms with Gasteiger partial charge >= 0.3 is 0 Å². The van der Waals surface area contributed by atoms with Crippen LogP contribution in [0.3, 0.4) is 0 Å². The van der Waals surface area contributed by atoms with Gasteiger partial charge in [-0.15, -0.1) is 0 Å². The highest BCUT2D eigenvalue weighted by Gasteiger charge is 2.24. The molecule has 4 aromatic rings. The summed E-state index contributed by atoms with van der Waals surface area (Å²) in [5.74, 6) is 0.526. The molecule has 5 rings (SSSR count). The zero-order valence-corrected chi connectivity index (χ0v) is 18.8. The van der Waals surface area contributed by atoms with Crippen molar-refractivity contribution in [3.05, 3.63) is 84.2 Å². The predicted octanol–water partition coefficient (Wildman–Crippen LogP) is 4.61. The fourth-order valence-electron chi connectivity index (χ4n) is 3.85. The molecular formula is C26H26N6O. The van der Waals surface area contributed by atoms with Gasteiger partial charge in [-0.05, 0) is 68.5 Å². The average Bonchev–Trinajstić information content (AvgIpc) is 3.54. The molecule has 0 bridgehead atoms. The SMILES string of the molecule is Cc1ccc(-c2cc(C(=O)NC(C)c3cnccn3)cc(-c3ccnn3CC3CC3)c2)nc1. The number of amides is 1. The van der Waals surface area contributed by atoms with E-state index in [-0.39, 0.29) is 11.9 Å². The Balaban J connectivity index is 1.52. The van der Waals surface area contributed by atoms with E-state index in [1.807, 2.05) is 61.3 Å². The average molecular weight is 439 g/mol. The summed E-state index contributed by atoms with van der Waals surface area (Å²) >= 11 is 0. The number of nitrogens with one attached hydrogen (secondary N) is 1. The Kier molecular flexibility index (Phi) is 5.69. The number of hydrogen-bond donors (Lipinski definition) is 1. The van der Waals surface area contributed by atoms with Gasteiger partial charge in [-0.25, -0.2) is 0 Å². The molecule has 0 spiro atoms. The van der Waals surface area contributed by atoms with Crippen molar-refractivity contribution in [1.29, 1.82) is 0 Å². The van der Waals surface area contributed by atoms with Crippen molar-refractivity contribution >= 4 is 5.91 Å². The third kappa shape index (κ3) is 4.82. The normalized spacial score (nSPS) is 14.1. The number of rotatable bonds is 7. The molecule has 1 aliphatic rings. The Morgan fingerprint density at radius 1 is 1.06 bits per heavy atom. The topological polar surface area (TPSA) is 85.6 Å². The molecule has 1 aromatic carbocycles. The molecule has 1 unspecified atom stereocenters. The van der Waals surface area contributed by atoms with Crippen LogP contribution >= 0.6 is 0 Å². The highest BCUT2D eigenvalue weighted by atomic mass is 16.1. The van der Waals surface area contributed by atoms with Crippen LogP contribution in [0.2, 0.25) is 0 Å². The van der Waals surface area contributed by atoms with Crippen LogP contribution in [-0.4, -0.2) is 30.6 Å². The Morgan fingerprint density at radius 2 is 1.91 bits per heavy atom. The van der Waals surface area contributed by atoms with E-state index in [0.717, 1.165) is 34.6 Å². The number of pyridine rings is 1. The molecule has 1 aliphatic carbocycles. The largest absolute Gasteiger partial charge is 0.344 e. The summed E-state index contributed by atoms with van der Waals surface area (Å²) in [6.45, 7) is 4.82. The summed E-state index contributed by atoms with van der Waals surface area (Å²) in [5.41, 5.74) is 6.05. The first-order chi connectivity index (χ1) is 16.1. The highest BCUT2D eigenvalue weighted by molar-refractivity contribution is 5.97. The zero-order chi connectivity index (χ0) is 22.8. The van der Waals surface area contributed by atoms with Crippen LogP contribution < -0.4 is 5.32 Å².